The summed E-state index contributed by atoms with van der Waals surface area (Å²) in [6.07, 6.45) is 1.20. The van der Waals surface area contributed by atoms with Crippen LogP contribution in [0.3, 0.4) is 0 Å². The number of hydrogen-bond acceptors (Lipinski definition) is 6. The molecule has 9 nitrogen and oxygen atoms in total. The van der Waals surface area contributed by atoms with Gasteiger partial charge in [0.1, 0.15) is 6.04 Å². The van der Waals surface area contributed by atoms with Crippen LogP contribution in [0.5, 0.6) is 0 Å². The summed E-state index contributed by atoms with van der Waals surface area (Å²) in [7, 11) is -2.23. The molecule has 1 rings (SSSR count). The number of sulfonamides is 1. The Balaban J connectivity index is 0.000000446. The Hall–Kier alpha value is -2.17. The number of nitrogens with two attached hydrogens (primary N) is 3. The van der Waals surface area contributed by atoms with Crippen LogP contribution in [0, 0.1) is 12.3 Å². The van der Waals surface area contributed by atoms with Crippen LogP contribution in [0.15, 0.2) is 29.2 Å². The lowest BCUT2D eigenvalue weighted by molar-refractivity contribution is -0.142. The highest BCUT2D eigenvalue weighted by molar-refractivity contribution is 7.89. The number of nitrogens with one attached hydrogen (secondary N) is 2. The monoisotopic (exact) mass is 359 g/mol. The minimum Gasteiger partial charge on any atom is -0.468 e. The predicted molar refractivity (Wildman–Crippen MR) is 91.7 cm³/mol. The Morgan fingerprint density at radius 3 is 2.38 bits per heavy atom. The lowest BCUT2D eigenvalue weighted by atomic mass is 10.2. The maximum atomic E-state index is 10.8. The Bertz CT molecular complexity index is 648. The molecule has 1 unspecified atom stereocenters. The number of carbonyl (C=O) groups excluding carboxylic acids is 1. The highest BCUT2D eigenvalue weighted by Crippen LogP contribution is 2.10. The third kappa shape index (κ3) is 9.08. The zero-order valence-electron chi connectivity index (χ0n) is 13.8. The second kappa shape index (κ2) is 10.6. The fraction of sp³-hybridized carbons (Fsp3) is 0.429. The van der Waals surface area contributed by atoms with Crippen LogP contribution in [0.2, 0.25) is 0 Å². The average molecular weight is 359 g/mol. The average Bonchev–Trinajstić information content (AvgIpc) is 2.50. The van der Waals surface area contributed by atoms with Gasteiger partial charge in [-0.1, -0.05) is 18.2 Å². The molecule has 8 N–H and O–H groups in total. The zero-order valence-corrected chi connectivity index (χ0v) is 14.6. The number of primary sulfonamides is 1. The van der Waals surface area contributed by atoms with Crippen molar-refractivity contribution >= 4 is 22.0 Å². The van der Waals surface area contributed by atoms with Gasteiger partial charge in [0.05, 0.1) is 12.0 Å². The number of rotatable bonds is 6. The van der Waals surface area contributed by atoms with Gasteiger partial charge in [-0.15, -0.1) is 0 Å². The van der Waals surface area contributed by atoms with Crippen molar-refractivity contribution < 1.29 is 17.9 Å². The van der Waals surface area contributed by atoms with Gasteiger partial charge in [0, 0.05) is 6.54 Å². The molecule has 1 aromatic rings. The molecule has 0 aliphatic carbocycles. The molecular formula is C14H25N5O4S. The summed E-state index contributed by atoms with van der Waals surface area (Å²) in [6.45, 7) is 2.25. The predicted octanol–water partition coefficient (Wildman–Crippen LogP) is -0.608. The van der Waals surface area contributed by atoms with Crippen molar-refractivity contribution in [2.24, 2.45) is 16.6 Å². The molecule has 0 saturated carbocycles. The van der Waals surface area contributed by atoms with Crippen LogP contribution in [-0.4, -0.2) is 40.0 Å². The molecule has 0 bridgehead atoms. The fourth-order valence-corrected chi connectivity index (χ4v) is 2.47. The highest BCUT2D eigenvalue weighted by Gasteiger charge is 2.12. The number of aryl methyl sites for hydroxylation is 1. The maximum Gasteiger partial charge on any atom is 0.322 e. The van der Waals surface area contributed by atoms with E-state index in [-0.39, 0.29) is 10.9 Å². The van der Waals surface area contributed by atoms with Crippen molar-refractivity contribution in [2.45, 2.75) is 30.7 Å². The Morgan fingerprint density at radius 2 is 1.96 bits per heavy atom. The van der Waals surface area contributed by atoms with E-state index in [1.54, 1.807) is 25.1 Å². The smallest absolute Gasteiger partial charge is 0.322 e. The van der Waals surface area contributed by atoms with Gasteiger partial charge in [0.25, 0.3) is 0 Å². The first-order valence-corrected chi connectivity index (χ1v) is 8.64. The fourth-order valence-electron chi connectivity index (χ4n) is 1.69. The van der Waals surface area contributed by atoms with E-state index in [1.807, 2.05) is 0 Å². The normalized spacial score (nSPS) is 11.7. The quantitative estimate of drug-likeness (QED) is 0.195. The van der Waals surface area contributed by atoms with Gasteiger partial charge in [-0.25, -0.2) is 13.6 Å². The van der Waals surface area contributed by atoms with Gasteiger partial charge in [0.2, 0.25) is 10.0 Å². The summed E-state index contributed by atoms with van der Waals surface area (Å²) < 4.78 is 26.1. The van der Waals surface area contributed by atoms with Crippen LogP contribution < -0.4 is 21.9 Å². The van der Waals surface area contributed by atoms with Gasteiger partial charge in [-0.2, -0.15) is 0 Å². The number of methoxy groups -OCH3 is 1. The van der Waals surface area contributed by atoms with Gasteiger partial charge in [0.15, 0.2) is 5.96 Å². The molecule has 0 aliphatic rings. The van der Waals surface area contributed by atoms with E-state index in [0.717, 1.165) is 0 Å². The summed E-state index contributed by atoms with van der Waals surface area (Å²) in [5.41, 5.74) is 11.2. The second-order valence-electron chi connectivity index (χ2n) is 4.92. The molecule has 0 radical (unpaired) electrons. The second-order valence-corrected chi connectivity index (χ2v) is 6.45. The third-order valence-electron chi connectivity index (χ3n) is 2.91. The molecule has 1 aromatic carbocycles. The Kier molecular flexibility index (Phi) is 9.62. The van der Waals surface area contributed by atoms with E-state index in [0.29, 0.717) is 24.9 Å². The van der Waals surface area contributed by atoms with Crippen molar-refractivity contribution in [1.82, 2.24) is 5.32 Å². The first-order valence-electron chi connectivity index (χ1n) is 7.09. The van der Waals surface area contributed by atoms with E-state index < -0.39 is 22.0 Å². The van der Waals surface area contributed by atoms with Gasteiger partial charge in [-0.3, -0.25) is 10.2 Å². The number of guanidine groups is 1. The van der Waals surface area contributed by atoms with Crippen LogP contribution in [-0.2, 0) is 19.6 Å². The lowest BCUT2D eigenvalue weighted by Gasteiger charge is -2.08. The largest absolute Gasteiger partial charge is 0.468 e. The minimum absolute atomic E-state index is 0.0772. The van der Waals surface area contributed by atoms with Crippen molar-refractivity contribution in [1.29, 1.82) is 5.41 Å². The standard InChI is InChI=1S/C7H16N4O2.C7H9NO2S/c1-13-6(12)5(8)3-2-4-11-7(9)10;1-6-4-2-3-5-7(6)11(8,9)10/h5H,2-4,8H2,1H3,(H4,9,10,11);2-5H,1H3,(H2,8,9,10). The van der Waals surface area contributed by atoms with Crippen molar-refractivity contribution in [3.8, 4) is 0 Å². The van der Waals surface area contributed by atoms with Gasteiger partial charge >= 0.3 is 5.97 Å². The molecule has 0 heterocycles. The number of ether oxygens (including phenoxy) is 1. The van der Waals surface area contributed by atoms with Crippen molar-refractivity contribution in [3.63, 3.8) is 0 Å². The molecule has 0 spiro atoms. The maximum absolute atomic E-state index is 10.8. The first kappa shape index (κ1) is 21.8. The summed E-state index contributed by atoms with van der Waals surface area (Å²) in [5.74, 6) is -0.491. The molecule has 0 aromatic heterocycles. The number of esters is 1. The van der Waals surface area contributed by atoms with Gasteiger partial charge in [-0.05, 0) is 31.4 Å². The number of hydrogen-bond donors (Lipinski definition) is 5. The summed E-state index contributed by atoms with van der Waals surface area (Å²) in [5, 5.41) is 14.4. The first-order chi connectivity index (χ1) is 11.1. The van der Waals surface area contributed by atoms with E-state index in [4.69, 9.17) is 22.0 Å². The molecule has 0 aliphatic heterocycles. The number of benzene rings is 1. The zero-order chi connectivity index (χ0) is 18.8. The van der Waals surface area contributed by atoms with Crippen LogP contribution in [0.25, 0.3) is 0 Å². The molecule has 24 heavy (non-hydrogen) atoms. The summed E-state index contributed by atoms with van der Waals surface area (Å²) >= 11 is 0. The number of carbonyl (C=O) groups is 1. The minimum atomic E-state index is -3.53. The van der Waals surface area contributed by atoms with Crippen LogP contribution in [0.1, 0.15) is 18.4 Å². The molecule has 0 amide bonds. The third-order valence-corrected chi connectivity index (χ3v) is 3.98. The molecule has 136 valence electrons. The Labute approximate surface area is 142 Å². The SMILES string of the molecule is COC(=O)C(N)CCCNC(=N)N.Cc1ccccc1S(N)(=O)=O. The Morgan fingerprint density at radius 1 is 1.38 bits per heavy atom. The molecule has 10 heteroatoms. The summed E-state index contributed by atoms with van der Waals surface area (Å²) in [4.78, 5) is 11.0. The molecular weight excluding hydrogens is 334 g/mol. The van der Waals surface area contributed by atoms with Gasteiger partial charge < -0.3 is 21.5 Å². The molecule has 1 atom stereocenters. The van der Waals surface area contributed by atoms with Crippen LogP contribution in [0.4, 0.5) is 0 Å². The molecule has 0 fully saturated rings. The highest BCUT2D eigenvalue weighted by atomic mass is 32.2. The van der Waals surface area contributed by atoms with Crippen LogP contribution >= 0.6 is 0 Å². The van der Waals surface area contributed by atoms with Crippen molar-refractivity contribution in [2.75, 3.05) is 13.7 Å². The summed E-state index contributed by atoms with van der Waals surface area (Å²) in [6, 6.07) is 6.03. The van der Waals surface area contributed by atoms with E-state index in [1.165, 1.54) is 13.2 Å². The molecule has 0 saturated heterocycles. The van der Waals surface area contributed by atoms with E-state index in [9.17, 15) is 13.2 Å². The van der Waals surface area contributed by atoms with Crippen molar-refractivity contribution in [3.05, 3.63) is 29.8 Å². The van der Waals surface area contributed by atoms with E-state index >= 15 is 0 Å². The van der Waals surface area contributed by atoms with E-state index in [2.05, 4.69) is 10.1 Å². The topological polar surface area (TPSA) is 174 Å². The lowest BCUT2D eigenvalue weighted by Crippen LogP contribution is -2.34.